The Bertz CT molecular complexity index is 264. The molecule has 0 aromatic carbocycles. The fourth-order valence-electron chi connectivity index (χ4n) is 1.89. The van der Waals surface area contributed by atoms with E-state index in [9.17, 15) is 9.90 Å². The molecule has 4 nitrogen and oxygen atoms in total. The van der Waals surface area contributed by atoms with Gasteiger partial charge in [-0.25, -0.2) is 0 Å². The highest BCUT2D eigenvalue weighted by Gasteiger charge is 2.38. The molecule has 0 saturated heterocycles. The van der Waals surface area contributed by atoms with Crippen LogP contribution < -0.4 is 5.32 Å². The quantitative estimate of drug-likeness (QED) is 0.590. The molecule has 0 aromatic rings. The van der Waals surface area contributed by atoms with Crippen LogP contribution in [0.4, 0.5) is 0 Å². The minimum absolute atomic E-state index is 0.395. The number of hydrogen-bond donors (Lipinski definition) is 2. The zero-order valence-corrected chi connectivity index (χ0v) is 11.9. The lowest BCUT2D eigenvalue weighted by atomic mass is 9.98. The highest BCUT2D eigenvalue weighted by Crippen LogP contribution is 2.24. The first kappa shape index (κ1) is 15.4. The van der Waals surface area contributed by atoms with Crippen LogP contribution in [-0.4, -0.2) is 35.9 Å². The Morgan fingerprint density at radius 3 is 2.61 bits per heavy atom. The van der Waals surface area contributed by atoms with Crippen LogP contribution >= 0.6 is 0 Å². The lowest BCUT2D eigenvalue weighted by molar-refractivity contribution is -0.145. The fourth-order valence-corrected chi connectivity index (χ4v) is 1.89. The Hall–Kier alpha value is -0.610. The standard InChI is InChI=1S/C14H27NO3/c1-11(2)5-4-9-18-10-8-14(3,13(16)17)15-12-6-7-12/h11-12,15H,4-10H2,1-3H3,(H,16,17). The third-order valence-corrected chi connectivity index (χ3v) is 3.39. The van der Waals surface area contributed by atoms with Gasteiger partial charge in [-0.2, -0.15) is 0 Å². The van der Waals surface area contributed by atoms with E-state index in [2.05, 4.69) is 19.2 Å². The van der Waals surface area contributed by atoms with E-state index in [4.69, 9.17) is 4.74 Å². The molecule has 1 saturated carbocycles. The molecule has 0 heterocycles. The van der Waals surface area contributed by atoms with E-state index in [1.54, 1.807) is 6.92 Å². The topological polar surface area (TPSA) is 58.6 Å². The summed E-state index contributed by atoms with van der Waals surface area (Å²) in [5.74, 6) is -0.0744. The summed E-state index contributed by atoms with van der Waals surface area (Å²) in [5, 5.41) is 12.5. The first-order valence-electron chi connectivity index (χ1n) is 7.03. The summed E-state index contributed by atoms with van der Waals surface area (Å²) < 4.78 is 5.53. The van der Waals surface area contributed by atoms with Gasteiger partial charge in [-0.05, 0) is 44.9 Å². The molecule has 0 radical (unpaired) electrons. The molecule has 0 amide bonds. The van der Waals surface area contributed by atoms with Crippen molar-refractivity contribution >= 4 is 5.97 Å². The number of hydrogen-bond acceptors (Lipinski definition) is 3. The number of carboxylic acid groups (broad SMARTS) is 1. The van der Waals surface area contributed by atoms with Gasteiger partial charge in [0.2, 0.25) is 0 Å². The van der Waals surface area contributed by atoms with Crippen molar-refractivity contribution in [2.24, 2.45) is 5.92 Å². The maximum atomic E-state index is 11.3. The molecule has 1 atom stereocenters. The number of carboxylic acids is 1. The van der Waals surface area contributed by atoms with Gasteiger partial charge in [0.05, 0.1) is 0 Å². The molecule has 1 unspecified atom stereocenters. The number of ether oxygens (including phenoxy) is 1. The molecular weight excluding hydrogens is 230 g/mol. The van der Waals surface area contributed by atoms with Crippen molar-refractivity contribution in [3.8, 4) is 0 Å². The van der Waals surface area contributed by atoms with Gasteiger partial charge in [-0.3, -0.25) is 10.1 Å². The number of aliphatic carboxylic acids is 1. The van der Waals surface area contributed by atoms with Crippen molar-refractivity contribution in [1.29, 1.82) is 0 Å². The Kier molecular flexibility index (Phi) is 6.09. The predicted octanol–water partition coefficient (Wildman–Crippen LogP) is 2.42. The Morgan fingerprint density at radius 2 is 2.11 bits per heavy atom. The molecule has 1 rings (SSSR count). The zero-order valence-electron chi connectivity index (χ0n) is 11.9. The molecule has 0 aliphatic heterocycles. The second kappa shape index (κ2) is 7.10. The fraction of sp³-hybridized carbons (Fsp3) is 0.929. The van der Waals surface area contributed by atoms with Crippen LogP contribution in [0.15, 0.2) is 0 Å². The minimum Gasteiger partial charge on any atom is -0.480 e. The van der Waals surface area contributed by atoms with E-state index < -0.39 is 11.5 Å². The van der Waals surface area contributed by atoms with E-state index in [1.165, 1.54) is 0 Å². The van der Waals surface area contributed by atoms with Gasteiger partial charge >= 0.3 is 5.97 Å². The summed E-state index contributed by atoms with van der Waals surface area (Å²) in [6.07, 6.45) is 4.94. The van der Waals surface area contributed by atoms with E-state index >= 15 is 0 Å². The van der Waals surface area contributed by atoms with E-state index in [0.717, 1.165) is 32.3 Å². The van der Waals surface area contributed by atoms with Crippen LogP contribution in [0.5, 0.6) is 0 Å². The number of rotatable bonds is 10. The van der Waals surface area contributed by atoms with Crippen molar-refractivity contribution in [1.82, 2.24) is 5.32 Å². The van der Waals surface area contributed by atoms with Crippen LogP contribution in [0.3, 0.4) is 0 Å². The third kappa shape index (κ3) is 5.83. The Morgan fingerprint density at radius 1 is 1.44 bits per heavy atom. The van der Waals surface area contributed by atoms with Crippen LogP contribution in [0.25, 0.3) is 0 Å². The lowest BCUT2D eigenvalue weighted by Gasteiger charge is -2.26. The maximum absolute atomic E-state index is 11.3. The Labute approximate surface area is 110 Å². The molecule has 0 bridgehead atoms. The average Bonchev–Trinajstić information content (AvgIpc) is 3.06. The SMILES string of the molecule is CC(C)CCCOCCC(C)(NC1CC1)C(=O)O. The predicted molar refractivity (Wildman–Crippen MR) is 71.7 cm³/mol. The molecule has 4 heteroatoms. The van der Waals surface area contributed by atoms with Gasteiger partial charge in [-0.1, -0.05) is 13.8 Å². The van der Waals surface area contributed by atoms with Crippen LogP contribution in [0.1, 0.15) is 52.9 Å². The van der Waals surface area contributed by atoms with E-state index in [-0.39, 0.29) is 0 Å². The largest absolute Gasteiger partial charge is 0.480 e. The zero-order chi connectivity index (χ0) is 13.6. The van der Waals surface area contributed by atoms with Crippen molar-refractivity contribution in [2.75, 3.05) is 13.2 Å². The van der Waals surface area contributed by atoms with Gasteiger partial charge < -0.3 is 9.84 Å². The van der Waals surface area contributed by atoms with Crippen molar-refractivity contribution in [3.05, 3.63) is 0 Å². The smallest absolute Gasteiger partial charge is 0.323 e. The van der Waals surface area contributed by atoms with Crippen LogP contribution in [-0.2, 0) is 9.53 Å². The monoisotopic (exact) mass is 257 g/mol. The van der Waals surface area contributed by atoms with E-state index in [0.29, 0.717) is 25.0 Å². The minimum atomic E-state index is -0.834. The molecule has 1 fully saturated rings. The van der Waals surface area contributed by atoms with Gasteiger partial charge in [0.1, 0.15) is 5.54 Å². The summed E-state index contributed by atoms with van der Waals surface area (Å²) in [6.45, 7) is 7.39. The highest BCUT2D eigenvalue weighted by molar-refractivity contribution is 5.78. The average molecular weight is 257 g/mol. The van der Waals surface area contributed by atoms with Crippen LogP contribution in [0.2, 0.25) is 0 Å². The van der Waals surface area contributed by atoms with Crippen LogP contribution in [0, 0.1) is 5.92 Å². The third-order valence-electron chi connectivity index (χ3n) is 3.39. The van der Waals surface area contributed by atoms with Gasteiger partial charge in [0, 0.05) is 19.3 Å². The second-order valence-electron chi connectivity index (χ2n) is 5.95. The molecule has 0 spiro atoms. The summed E-state index contributed by atoms with van der Waals surface area (Å²) in [5.41, 5.74) is -0.834. The summed E-state index contributed by atoms with van der Waals surface area (Å²) in [7, 11) is 0. The molecule has 0 aromatic heterocycles. The first-order chi connectivity index (χ1) is 8.44. The van der Waals surface area contributed by atoms with Crippen molar-refractivity contribution < 1.29 is 14.6 Å². The second-order valence-corrected chi connectivity index (χ2v) is 5.95. The molecule has 18 heavy (non-hydrogen) atoms. The van der Waals surface area contributed by atoms with Crippen molar-refractivity contribution in [2.45, 2.75) is 64.5 Å². The number of nitrogens with one attached hydrogen (secondary N) is 1. The first-order valence-corrected chi connectivity index (χ1v) is 7.03. The van der Waals surface area contributed by atoms with E-state index in [1.807, 2.05) is 0 Å². The molecule has 1 aliphatic rings. The van der Waals surface area contributed by atoms with Crippen molar-refractivity contribution in [3.63, 3.8) is 0 Å². The molecule has 106 valence electrons. The molecular formula is C14H27NO3. The Balaban J connectivity index is 2.15. The lowest BCUT2D eigenvalue weighted by Crippen LogP contribution is -2.51. The summed E-state index contributed by atoms with van der Waals surface area (Å²) in [4.78, 5) is 11.3. The highest BCUT2D eigenvalue weighted by atomic mass is 16.5. The van der Waals surface area contributed by atoms with Gasteiger partial charge in [0.25, 0.3) is 0 Å². The number of carbonyl (C=O) groups is 1. The maximum Gasteiger partial charge on any atom is 0.323 e. The molecule has 2 N–H and O–H groups in total. The van der Waals surface area contributed by atoms with Gasteiger partial charge in [0.15, 0.2) is 0 Å². The molecule has 1 aliphatic carbocycles. The van der Waals surface area contributed by atoms with Gasteiger partial charge in [-0.15, -0.1) is 0 Å². The normalized spacial score (nSPS) is 18.9. The summed E-state index contributed by atoms with van der Waals surface area (Å²) in [6, 6.07) is 0.395. The summed E-state index contributed by atoms with van der Waals surface area (Å²) >= 11 is 0.